The highest BCUT2D eigenvalue weighted by atomic mass is 35.5. The van der Waals surface area contributed by atoms with Gasteiger partial charge in [0.15, 0.2) is 0 Å². The molecule has 2 aromatic carbocycles. The minimum absolute atomic E-state index is 0.287. The predicted octanol–water partition coefficient (Wildman–Crippen LogP) is 3.67. The first-order chi connectivity index (χ1) is 11.0. The van der Waals surface area contributed by atoms with E-state index in [0.29, 0.717) is 34.3 Å². The molecular weight excluding hydrogens is 335 g/mol. The number of halogens is 2. The molecule has 116 valence electrons. The molecule has 0 saturated carbocycles. The van der Waals surface area contributed by atoms with Crippen molar-refractivity contribution < 1.29 is 9.59 Å². The number of fused-ring (bicyclic) bond motifs is 2. The van der Waals surface area contributed by atoms with Crippen LogP contribution in [0.4, 0.5) is 11.4 Å². The Bertz CT molecular complexity index is 866. The van der Waals surface area contributed by atoms with Gasteiger partial charge in [-0.3, -0.25) is 9.59 Å². The zero-order valence-corrected chi connectivity index (χ0v) is 13.5. The normalized spacial score (nSPS) is 22.2. The number of benzene rings is 2. The van der Waals surface area contributed by atoms with E-state index in [2.05, 4.69) is 10.6 Å². The molecule has 1 atom stereocenters. The lowest BCUT2D eigenvalue weighted by atomic mass is 9.70. The topological polar surface area (TPSA) is 58.2 Å². The lowest BCUT2D eigenvalue weighted by molar-refractivity contribution is -0.138. The third kappa shape index (κ3) is 2.21. The number of hydrogen-bond donors (Lipinski definition) is 2. The minimum Gasteiger partial charge on any atom is -0.325 e. The van der Waals surface area contributed by atoms with Crippen LogP contribution in [0.3, 0.4) is 0 Å². The van der Waals surface area contributed by atoms with Crippen molar-refractivity contribution in [2.75, 3.05) is 10.6 Å². The van der Waals surface area contributed by atoms with E-state index in [4.69, 9.17) is 23.2 Å². The summed E-state index contributed by atoms with van der Waals surface area (Å²) in [5, 5.41) is 6.78. The lowest BCUT2D eigenvalue weighted by Crippen LogP contribution is -2.53. The SMILES string of the molecule is O=C1Nc2ccc(Cl)cc2CC12Cc1ccc(Cl)cc1NC2=O. The number of nitrogens with one attached hydrogen (secondary N) is 2. The summed E-state index contributed by atoms with van der Waals surface area (Å²) in [7, 11) is 0. The van der Waals surface area contributed by atoms with Gasteiger partial charge in [-0.2, -0.15) is 0 Å². The van der Waals surface area contributed by atoms with Crippen molar-refractivity contribution in [2.45, 2.75) is 12.8 Å². The molecule has 2 aliphatic rings. The predicted molar refractivity (Wildman–Crippen MR) is 90.0 cm³/mol. The molecule has 2 aromatic rings. The van der Waals surface area contributed by atoms with Crippen LogP contribution in [0.15, 0.2) is 36.4 Å². The maximum absolute atomic E-state index is 12.7. The van der Waals surface area contributed by atoms with E-state index in [9.17, 15) is 9.59 Å². The molecule has 0 fully saturated rings. The van der Waals surface area contributed by atoms with Crippen molar-refractivity contribution in [3.05, 3.63) is 57.6 Å². The van der Waals surface area contributed by atoms with Gasteiger partial charge in [-0.1, -0.05) is 29.3 Å². The van der Waals surface area contributed by atoms with E-state index in [1.54, 1.807) is 30.3 Å². The first-order valence-corrected chi connectivity index (χ1v) is 7.93. The maximum atomic E-state index is 12.7. The van der Waals surface area contributed by atoms with E-state index >= 15 is 0 Å². The van der Waals surface area contributed by atoms with Crippen LogP contribution in [0.25, 0.3) is 0 Å². The quantitative estimate of drug-likeness (QED) is 0.715. The Hall–Kier alpha value is -2.04. The zero-order valence-electron chi connectivity index (χ0n) is 12.0. The zero-order chi connectivity index (χ0) is 16.2. The molecule has 23 heavy (non-hydrogen) atoms. The summed E-state index contributed by atoms with van der Waals surface area (Å²) in [5.74, 6) is -0.596. The summed E-state index contributed by atoms with van der Waals surface area (Å²) in [4.78, 5) is 25.4. The van der Waals surface area contributed by atoms with Crippen molar-refractivity contribution in [2.24, 2.45) is 5.41 Å². The maximum Gasteiger partial charge on any atom is 0.240 e. The number of rotatable bonds is 0. The number of amides is 2. The molecule has 4 rings (SSSR count). The molecule has 0 aromatic heterocycles. The van der Waals surface area contributed by atoms with Crippen molar-refractivity contribution in [3.63, 3.8) is 0 Å². The van der Waals surface area contributed by atoms with Gasteiger partial charge < -0.3 is 10.6 Å². The highest BCUT2D eigenvalue weighted by Gasteiger charge is 2.51. The van der Waals surface area contributed by atoms with Gasteiger partial charge in [-0.05, 0) is 54.3 Å². The van der Waals surface area contributed by atoms with Crippen LogP contribution in [0.2, 0.25) is 10.0 Å². The van der Waals surface area contributed by atoms with Crippen molar-refractivity contribution in [1.82, 2.24) is 0 Å². The molecule has 0 saturated heterocycles. The molecule has 1 unspecified atom stereocenters. The number of carbonyl (C=O) groups is 2. The van der Waals surface area contributed by atoms with Crippen molar-refractivity contribution in [3.8, 4) is 0 Å². The molecule has 0 bridgehead atoms. The number of hydrogen-bond acceptors (Lipinski definition) is 2. The van der Waals surface area contributed by atoms with Gasteiger partial charge in [0.2, 0.25) is 11.8 Å². The minimum atomic E-state index is -1.15. The Morgan fingerprint density at radius 2 is 1.39 bits per heavy atom. The van der Waals surface area contributed by atoms with Crippen LogP contribution in [0, 0.1) is 5.41 Å². The van der Waals surface area contributed by atoms with Gasteiger partial charge in [0.1, 0.15) is 5.41 Å². The van der Waals surface area contributed by atoms with Gasteiger partial charge in [-0.25, -0.2) is 0 Å². The van der Waals surface area contributed by atoms with E-state index < -0.39 is 5.41 Å². The van der Waals surface area contributed by atoms with E-state index in [1.165, 1.54) is 0 Å². The summed E-state index contributed by atoms with van der Waals surface area (Å²) in [6, 6.07) is 10.6. The molecule has 0 aliphatic carbocycles. The van der Waals surface area contributed by atoms with Gasteiger partial charge in [0, 0.05) is 21.4 Å². The molecule has 1 spiro atoms. The number of anilines is 2. The smallest absolute Gasteiger partial charge is 0.240 e. The van der Waals surface area contributed by atoms with Crippen LogP contribution in [0.1, 0.15) is 11.1 Å². The average Bonchev–Trinajstić information content (AvgIpc) is 2.50. The molecule has 0 radical (unpaired) electrons. The fraction of sp³-hybridized carbons (Fsp3) is 0.176. The second-order valence-corrected chi connectivity index (χ2v) is 6.82. The molecule has 6 heteroatoms. The monoisotopic (exact) mass is 346 g/mol. The van der Waals surface area contributed by atoms with E-state index in [1.807, 2.05) is 6.07 Å². The van der Waals surface area contributed by atoms with Gasteiger partial charge in [0.05, 0.1) is 0 Å². The van der Waals surface area contributed by atoms with Crippen molar-refractivity contribution in [1.29, 1.82) is 0 Å². The molecule has 2 aliphatic heterocycles. The third-order valence-electron chi connectivity index (χ3n) is 4.49. The Labute approximate surface area is 142 Å². The Morgan fingerprint density at radius 1 is 0.783 bits per heavy atom. The molecule has 2 amide bonds. The summed E-state index contributed by atoms with van der Waals surface area (Å²) in [5.41, 5.74) is 1.98. The molecule has 2 N–H and O–H groups in total. The van der Waals surface area contributed by atoms with Crippen molar-refractivity contribution >= 4 is 46.4 Å². The third-order valence-corrected chi connectivity index (χ3v) is 4.96. The van der Waals surface area contributed by atoms with Gasteiger partial charge in [0.25, 0.3) is 0 Å². The van der Waals surface area contributed by atoms with Crippen LogP contribution in [0.5, 0.6) is 0 Å². The van der Waals surface area contributed by atoms with Gasteiger partial charge >= 0.3 is 0 Å². The summed E-state index contributed by atoms with van der Waals surface area (Å²) in [6.45, 7) is 0. The summed E-state index contributed by atoms with van der Waals surface area (Å²) < 4.78 is 0. The Balaban J connectivity index is 1.80. The summed E-state index contributed by atoms with van der Waals surface area (Å²) >= 11 is 12.0. The van der Waals surface area contributed by atoms with Crippen LogP contribution in [-0.4, -0.2) is 11.8 Å². The van der Waals surface area contributed by atoms with Crippen LogP contribution in [-0.2, 0) is 22.4 Å². The standard InChI is InChI=1S/C17H12Cl2N2O2/c18-11-3-4-13-10(5-11)8-17(15(22)20-13)7-9-1-2-12(19)6-14(9)21-16(17)23/h1-6H,7-8H2,(H,20,22)(H,21,23). The Kier molecular flexibility index (Phi) is 3.15. The first-order valence-electron chi connectivity index (χ1n) is 7.18. The van der Waals surface area contributed by atoms with Crippen LogP contribution >= 0.6 is 23.2 Å². The number of carbonyl (C=O) groups excluding carboxylic acids is 2. The summed E-state index contributed by atoms with van der Waals surface area (Å²) in [6.07, 6.45) is 0.658. The fourth-order valence-electron chi connectivity index (χ4n) is 3.27. The van der Waals surface area contributed by atoms with Crippen LogP contribution < -0.4 is 10.6 Å². The lowest BCUT2D eigenvalue weighted by Gasteiger charge is -2.39. The largest absolute Gasteiger partial charge is 0.325 e. The first kappa shape index (κ1) is 14.5. The second-order valence-electron chi connectivity index (χ2n) is 5.95. The van der Waals surface area contributed by atoms with E-state index in [0.717, 1.165) is 11.1 Å². The fourth-order valence-corrected chi connectivity index (χ4v) is 3.64. The highest BCUT2D eigenvalue weighted by molar-refractivity contribution is 6.31. The Morgan fingerprint density at radius 3 is 2.17 bits per heavy atom. The molecule has 2 heterocycles. The highest BCUT2D eigenvalue weighted by Crippen LogP contribution is 2.42. The van der Waals surface area contributed by atoms with E-state index in [-0.39, 0.29) is 11.8 Å². The molecular formula is C17H12Cl2N2O2. The second kappa shape index (κ2) is 4.98. The molecule has 4 nitrogen and oxygen atoms in total. The van der Waals surface area contributed by atoms with Gasteiger partial charge in [-0.15, -0.1) is 0 Å². The average molecular weight is 347 g/mol.